The summed E-state index contributed by atoms with van der Waals surface area (Å²) >= 11 is 0. The van der Waals surface area contributed by atoms with Crippen molar-refractivity contribution in [3.8, 4) is 0 Å². The van der Waals surface area contributed by atoms with Gasteiger partial charge in [-0.15, -0.1) is 0 Å². The van der Waals surface area contributed by atoms with Crippen molar-refractivity contribution in [2.75, 3.05) is 13.2 Å². The molecule has 0 aliphatic heterocycles. The molecule has 1 aromatic rings. The molecular formula is C14H23NO. The topological polar surface area (TPSA) is 32.3 Å². The van der Waals surface area contributed by atoms with Crippen LogP contribution in [0, 0.1) is 5.92 Å². The van der Waals surface area contributed by atoms with Gasteiger partial charge in [-0.05, 0) is 30.9 Å². The summed E-state index contributed by atoms with van der Waals surface area (Å²) in [6.07, 6.45) is 2.06. The number of hydrogen-bond acceptors (Lipinski definition) is 2. The van der Waals surface area contributed by atoms with E-state index in [1.807, 2.05) is 18.2 Å². The van der Waals surface area contributed by atoms with Crippen LogP contribution in [0.5, 0.6) is 0 Å². The zero-order valence-corrected chi connectivity index (χ0v) is 10.3. The van der Waals surface area contributed by atoms with Gasteiger partial charge in [-0.1, -0.05) is 44.2 Å². The number of hydrogen-bond donors (Lipinski definition) is 2. The second-order valence-corrected chi connectivity index (χ2v) is 4.71. The van der Waals surface area contributed by atoms with E-state index in [-0.39, 0.29) is 12.6 Å². The summed E-state index contributed by atoms with van der Waals surface area (Å²) in [5.74, 6) is 0.712. The molecule has 0 aromatic heterocycles. The Morgan fingerprint density at radius 3 is 2.44 bits per heavy atom. The highest BCUT2D eigenvalue weighted by molar-refractivity contribution is 5.15. The van der Waals surface area contributed by atoms with Crippen LogP contribution >= 0.6 is 0 Å². The first-order valence-electron chi connectivity index (χ1n) is 6.10. The van der Waals surface area contributed by atoms with Gasteiger partial charge < -0.3 is 10.4 Å². The molecule has 0 saturated carbocycles. The molecule has 1 rings (SSSR count). The number of rotatable bonds is 7. The van der Waals surface area contributed by atoms with Gasteiger partial charge >= 0.3 is 0 Å². The van der Waals surface area contributed by atoms with Crippen LogP contribution in [0.15, 0.2) is 30.3 Å². The van der Waals surface area contributed by atoms with Gasteiger partial charge in [-0.3, -0.25) is 0 Å². The van der Waals surface area contributed by atoms with E-state index in [2.05, 4.69) is 31.3 Å². The highest BCUT2D eigenvalue weighted by Gasteiger charge is 2.07. The van der Waals surface area contributed by atoms with Gasteiger partial charge in [-0.2, -0.15) is 0 Å². The average molecular weight is 221 g/mol. The van der Waals surface area contributed by atoms with E-state index < -0.39 is 0 Å². The van der Waals surface area contributed by atoms with E-state index in [4.69, 9.17) is 0 Å². The Morgan fingerprint density at radius 1 is 1.19 bits per heavy atom. The van der Waals surface area contributed by atoms with E-state index >= 15 is 0 Å². The molecule has 0 spiro atoms. The molecule has 0 heterocycles. The van der Waals surface area contributed by atoms with Gasteiger partial charge in [0.1, 0.15) is 0 Å². The van der Waals surface area contributed by atoms with Crippen LogP contribution in [0.4, 0.5) is 0 Å². The largest absolute Gasteiger partial charge is 0.395 e. The van der Waals surface area contributed by atoms with Crippen LogP contribution < -0.4 is 5.32 Å². The Balaban J connectivity index is 2.32. The van der Waals surface area contributed by atoms with Gasteiger partial charge in [0.15, 0.2) is 0 Å². The minimum atomic E-state index is 0.182. The quantitative estimate of drug-likeness (QED) is 0.740. The van der Waals surface area contributed by atoms with Crippen LogP contribution in [0.1, 0.15) is 25.8 Å². The van der Waals surface area contributed by atoms with Crippen molar-refractivity contribution in [2.45, 2.75) is 32.7 Å². The van der Waals surface area contributed by atoms with Crippen molar-refractivity contribution in [1.29, 1.82) is 0 Å². The number of aliphatic hydroxyl groups is 1. The van der Waals surface area contributed by atoms with Crippen molar-refractivity contribution < 1.29 is 5.11 Å². The molecule has 0 amide bonds. The summed E-state index contributed by atoms with van der Waals surface area (Å²) < 4.78 is 0. The summed E-state index contributed by atoms with van der Waals surface area (Å²) in [6.45, 7) is 5.61. The third-order valence-electron chi connectivity index (χ3n) is 2.70. The van der Waals surface area contributed by atoms with Gasteiger partial charge in [0, 0.05) is 6.04 Å². The Morgan fingerprint density at radius 2 is 1.88 bits per heavy atom. The normalized spacial score (nSPS) is 13.0. The summed E-state index contributed by atoms with van der Waals surface area (Å²) in [6, 6.07) is 10.5. The molecule has 0 saturated heterocycles. The Bertz CT molecular complexity index is 271. The van der Waals surface area contributed by atoms with Crippen LogP contribution in [-0.2, 0) is 6.42 Å². The molecule has 0 radical (unpaired) electrons. The van der Waals surface area contributed by atoms with Crippen LogP contribution in [-0.4, -0.2) is 24.3 Å². The fourth-order valence-electron chi connectivity index (χ4n) is 1.68. The number of aliphatic hydroxyl groups excluding tert-OH is 1. The van der Waals surface area contributed by atoms with Gasteiger partial charge in [-0.25, -0.2) is 0 Å². The minimum absolute atomic E-state index is 0.182. The molecule has 2 N–H and O–H groups in total. The molecule has 0 aliphatic carbocycles. The van der Waals surface area contributed by atoms with Gasteiger partial charge in [0.25, 0.3) is 0 Å². The molecule has 1 aromatic carbocycles. The van der Waals surface area contributed by atoms with E-state index in [9.17, 15) is 5.11 Å². The number of benzene rings is 1. The fourth-order valence-corrected chi connectivity index (χ4v) is 1.68. The van der Waals surface area contributed by atoms with E-state index in [1.165, 1.54) is 5.56 Å². The molecule has 16 heavy (non-hydrogen) atoms. The first-order chi connectivity index (χ1) is 7.72. The minimum Gasteiger partial charge on any atom is -0.395 e. The van der Waals surface area contributed by atoms with E-state index in [1.54, 1.807) is 0 Å². The van der Waals surface area contributed by atoms with E-state index in [0.29, 0.717) is 5.92 Å². The van der Waals surface area contributed by atoms with E-state index in [0.717, 1.165) is 19.4 Å². The van der Waals surface area contributed by atoms with Crippen LogP contribution in [0.25, 0.3) is 0 Å². The van der Waals surface area contributed by atoms with Crippen molar-refractivity contribution >= 4 is 0 Å². The average Bonchev–Trinajstić information content (AvgIpc) is 2.28. The summed E-state index contributed by atoms with van der Waals surface area (Å²) in [7, 11) is 0. The predicted molar refractivity (Wildman–Crippen MR) is 68.5 cm³/mol. The fraction of sp³-hybridized carbons (Fsp3) is 0.571. The van der Waals surface area contributed by atoms with Gasteiger partial charge in [0.2, 0.25) is 0 Å². The highest BCUT2D eigenvalue weighted by Crippen LogP contribution is 2.03. The molecule has 0 unspecified atom stereocenters. The lowest BCUT2D eigenvalue weighted by Crippen LogP contribution is -2.35. The molecule has 90 valence electrons. The second-order valence-electron chi connectivity index (χ2n) is 4.71. The summed E-state index contributed by atoms with van der Waals surface area (Å²) in [5, 5.41) is 12.7. The maximum atomic E-state index is 9.29. The lowest BCUT2D eigenvalue weighted by atomic mass is 10.1. The van der Waals surface area contributed by atoms with Crippen LogP contribution in [0.3, 0.4) is 0 Å². The van der Waals surface area contributed by atoms with Crippen LogP contribution in [0.2, 0.25) is 0 Å². The first kappa shape index (κ1) is 13.2. The molecule has 2 nitrogen and oxygen atoms in total. The third kappa shape index (κ3) is 5.29. The summed E-state index contributed by atoms with van der Waals surface area (Å²) in [5.41, 5.74) is 1.28. The molecule has 1 atom stereocenters. The standard InChI is InChI=1S/C14H23NO/c1-12(2)8-9-15-14(11-16)10-13-6-4-3-5-7-13/h3-7,12,14-16H,8-11H2,1-2H3/t14-/m0/s1. The van der Waals surface area contributed by atoms with Crippen molar-refractivity contribution in [2.24, 2.45) is 5.92 Å². The predicted octanol–water partition coefficient (Wildman–Crippen LogP) is 2.23. The van der Waals surface area contributed by atoms with Gasteiger partial charge in [0.05, 0.1) is 6.61 Å². The Labute approximate surface area is 98.7 Å². The molecule has 0 aliphatic rings. The van der Waals surface area contributed by atoms with Crippen molar-refractivity contribution in [3.05, 3.63) is 35.9 Å². The monoisotopic (exact) mass is 221 g/mol. The third-order valence-corrected chi connectivity index (χ3v) is 2.70. The Hall–Kier alpha value is -0.860. The lowest BCUT2D eigenvalue weighted by Gasteiger charge is -2.17. The number of nitrogens with one attached hydrogen (secondary N) is 1. The zero-order chi connectivity index (χ0) is 11.8. The molecule has 0 bridgehead atoms. The maximum Gasteiger partial charge on any atom is 0.0587 e. The van der Waals surface area contributed by atoms with Crippen molar-refractivity contribution in [3.63, 3.8) is 0 Å². The Kier molecular flexibility index (Phi) is 6.12. The molecule has 2 heteroatoms. The smallest absolute Gasteiger partial charge is 0.0587 e. The highest BCUT2D eigenvalue weighted by atomic mass is 16.3. The summed E-state index contributed by atoms with van der Waals surface area (Å²) in [4.78, 5) is 0. The van der Waals surface area contributed by atoms with Crippen molar-refractivity contribution in [1.82, 2.24) is 5.32 Å². The zero-order valence-electron chi connectivity index (χ0n) is 10.3. The maximum absolute atomic E-state index is 9.29. The molecule has 0 fully saturated rings. The first-order valence-corrected chi connectivity index (χ1v) is 6.10. The second kappa shape index (κ2) is 7.42. The SMILES string of the molecule is CC(C)CCN[C@H](CO)Cc1ccccc1. The molecular weight excluding hydrogens is 198 g/mol. The lowest BCUT2D eigenvalue weighted by molar-refractivity contribution is 0.240.